The molecule has 1 fully saturated rings. The second-order valence-electron chi connectivity index (χ2n) is 4.40. The molecule has 0 N–H and O–H groups in total. The molecule has 0 radical (unpaired) electrons. The summed E-state index contributed by atoms with van der Waals surface area (Å²) in [5.41, 5.74) is 0.585. The molecule has 1 atom stereocenters. The van der Waals surface area contributed by atoms with Crippen LogP contribution in [0.2, 0.25) is 5.02 Å². The number of hydrogen-bond donors (Lipinski definition) is 0. The monoisotopic (exact) mass is 285 g/mol. The molecule has 0 bridgehead atoms. The van der Waals surface area contributed by atoms with Gasteiger partial charge in [-0.3, -0.25) is 9.59 Å². The molecule has 0 aliphatic carbocycles. The molecule has 0 spiro atoms. The first kappa shape index (κ1) is 13.4. The second kappa shape index (κ2) is 5.72. The number of nitrogens with zero attached hydrogens (tertiary/aromatic N) is 1. The molecule has 1 unspecified atom stereocenters. The predicted octanol–water partition coefficient (Wildman–Crippen LogP) is 2.96. The third-order valence-corrected chi connectivity index (χ3v) is 3.68. The second-order valence-corrected chi connectivity index (χ2v) is 5.21. The smallest absolute Gasteiger partial charge is 0.253 e. The number of likely N-dealkylation sites (tertiary alicyclic amines) is 1. The fourth-order valence-electron chi connectivity index (χ4n) is 2.12. The maximum atomic E-state index is 12.2. The minimum Gasteiger partial charge on any atom is -0.338 e. The molecule has 5 heteroatoms. The zero-order valence-corrected chi connectivity index (χ0v) is 11.2. The third-order valence-electron chi connectivity index (χ3n) is 3.12. The van der Waals surface area contributed by atoms with Gasteiger partial charge in [-0.05, 0) is 48.7 Å². The van der Waals surface area contributed by atoms with E-state index in [1.54, 1.807) is 29.2 Å². The van der Waals surface area contributed by atoms with E-state index in [-0.39, 0.29) is 17.1 Å². The van der Waals surface area contributed by atoms with Crippen LogP contribution < -0.4 is 0 Å². The number of carbonyl (C=O) groups is 2. The van der Waals surface area contributed by atoms with Crippen LogP contribution in [0.5, 0.6) is 0 Å². The number of hydrogen-bond acceptors (Lipinski definition) is 2. The van der Waals surface area contributed by atoms with Crippen LogP contribution in [0.25, 0.3) is 0 Å². The minimum atomic E-state index is -0.358. The van der Waals surface area contributed by atoms with Gasteiger partial charge in [0.25, 0.3) is 5.91 Å². The van der Waals surface area contributed by atoms with Crippen LogP contribution >= 0.6 is 23.2 Å². The summed E-state index contributed by atoms with van der Waals surface area (Å²) in [7, 11) is 0. The van der Waals surface area contributed by atoms with E-state index in [2.05, 4.69) is 0 Å². The third kappa shape index (κ3) is 3.03. The molecule has 1 aromatic rings. The Kier molecular flexibility index (Phi) is 4.25. The highest BCUT2D eigenvalue weighted by atomic mass is 35.5. The zero-order valence-electron chi connectivity index (χ0n) is 9.73. The number of amides is 1. The van der Waals surface area contributed by atoms with Gasteiger partial charge >= 0.3 is 0 Å². The first-order valence-electron chi connectivity index (χ1n) is 5.82. The SMILES string of the molecule is O=C(Cl)C1CCCN(C(=O)c2ccc(Cl)cc2)C1. The summed E-state index contributed by atoms with van der Waals surface area (Å²) in [6, 6.07) is 6.75. The van der Waals surface area contributed by atoms with Gasteiger partial charge in [0.2, 0.25) is 5.24 Å². The topological polar surface area (TPSA) is 37.4 Å². The van der Waals surface area contributed by atoms with Crippen molar-refractivity contribution in [2.45, 2.75) is 12.8 Å². The summed E-state index contributed by atoms with van der Waals surface area (Å²) in [5, 5.41) is 0.239. The largest absolute Gasteiger partial charge is 0.338 e. The van der Waals surface area contributed by atoms with Crippen LogP contribution in [0.15, 0.2) is 24.3 Å². The van der Waals surface area contributed by atoms with Crippen molar-refractivity contribution >= 4 is 34.4 Å². The molecule has 1 aromatic carbocycles. The molecular weight excluding hydrogens is 273 g/mol. The zero-order chi connectivity index (χ0) is 13.1. The quantitative estimate of drug-likeness (QED) is 0.784. The summed E-state index contributed by atoms with van der Waals surface area (Å²) in [4.78, 5) is 25.0. The standard InChI is InChI=1S/C13H13Cl2NO2/c14-11-5-3-9(4-6-11)13(18)16-7-1-2-10(8-16)12(15)17/h3-6,10H,1-2,7-8H2. The van der Waals surface area contributed by atoms with Crippen molar-refractivity contribution in [3.05, 3.63) is 34.9 Å². The van der Waals surface area contributed by atoms with Crippen LogP contribution in [0.4, 0.5) is 0 Å². The number of carbonyl (C=O) groups excluding carboxylic acids is 2. The van der Waals surface area contributed by atoms with E-state index in [0.29, 0.717) is 23.7 Å². The van der Waals surface area contributed by atoms with E-state index in [9.17, 15) is 9.59 Å². The average Bonchev–Trinajstić information content (AvgIpc) is 2.39. The maximum Gasteiger partial charge on any atom is 0.253 e. The molecule has 18 heavy (non-hydrogen) atoms. The Morgan fingerprint density at radius 1 is 1.22 bits per heavy atom. The summed E-state index contributed by atoms with van der Waals surface area (Å²) in [6.07, 6.45) is 1.56. The van der Waals surface area contributed by atoms with Gasteiger partial charge < -0.3 is 4.90 Å². The molecule has 1 heterocycles. The van der Waals surface area contributed by atoms with Gasteiger partial charge in [-0.1, -0.05) is 11.6 Å². The highest BCUT2D eigenvalue weighted by Gasteiger charge is 2.27. The molecule has 1 saturated heterocycles. The molecule has 0 saturated carbocycles. The number of rotatable bonds is 2. The number of benzene rings is 1. The van der Waals surface area contributed by atoms with Crippen molar-refractivity contribution in [1.82, 2.24) is 4.90 Å². The van der Waals surface area contributed by atoms with E-state index in [1.807, 2.05) is 0 Å². The van der Waals surface area contributed by atoms with Gasteiger partial charge in [0.15, 0.2) is 0 Å². The molecule has 0 aromatic heterocycles. The fourth-order valence-corrected chi connectivity index (χ4v) is 2.43. The number of halogens is 2. The van der Waals surface area contributed by atoms with Crippen LogP contribution in [0.1, 0.15) is 23.2 Å². The van der Waals surface area contributed by atoms with Gasteiger partial charge in [-0.15, -0.1) is 0 Å². The Morgan fingerprint density at radius 3 is 2.50 bits per heavy atom. The van der Waals surface area contributed by atoms with Crippen LogP contribution in [0, 0.1) is 5.92 Å². The Bertz CT molecular complexity index is 459. The maximum absolute atomic E-state index is 12.2. The lowest BCUT2D eigenvalue weighted by atomic mass is 9.99. The molecule has 1 aliphatic heterocycles. The van der Waals surface area contributed by atoms with E-state index < -0.39 is 0 Å². The molecule has 3 nitrogen and oxygen atoms in total. The lowest BCUT2D eigenvalue weighted by molar-refractivity contribution is -0.116. The Morgan fingerprint density at radius 2 is 1.89 bits per heavy atom. The van der Waals surface area contributed by atoms with E-state index in [1.165, 1.54) is 0 Å². The molecular formula is C13H13Cl2NO2. The Balaban J connectivity index is 2.09. The van der Waals surface area contributed by atoms with Gasteiger partial charge in [-0.25, -0.2) is 0 Å². The van der Waals surface area contributed by atoms with E-state index >= 15 is 0 Å². The Hall–Kier alpha value is -1.06. The van der Waals surface area contributed by atoms with Crippen LogP contribution in [0.3, 0.4) is 0 Å². The average molecular weight is 286 g/mol. The summed E-state index contributed by atoms with van der Waals surface area (Å²) >= 11 is 11.3. The van der Waals surface area contributed by atoms with Crippen LogP contribution in [-0.4, -0.2) is 29.1 Å². The minimum absolute atomic E-state index is 0.0747. The highest BCUT2D eigenvalue weighted by molar-refractivity contribution is 6.64. The molecule has 1 amide bonds. The molecule has 2 rings (SSSR count). The summed E-state index contributed by atoms with van der Waals surface area (Å²) in [5.74, 6) is -0.314. The first-order chi connectivity index (χ1) is 8.58. The van der Waals surface area contributed by atoms with Crippen molar-refractivity contribution in [3.8, 4) is 0 Å². The lowest BCUT2D eigenvalue weighted by Crippen LogP contribution is -2.41. The van der Waals surface area contributed by atoms with E-state index in [0.717, 1.165) is 12.8 Å². The van der Waals surface area contributed by atoms with Gasteiger partial charge in [0.05, 0.1) is 5.92 Å². The van der Waals surface area contributed by atoms with Crippen molar-refractivity contribution in [2.24, 2.45) is 5.92 Å². The van der Waals surface area contributed by atoms with E-state index in [4.69, 9.17) is 23.2 Å². The summed E-state index contributed by atoms with van der Waals surface area (Å²) in [6.45, 7) is 1.08. The first-order valence-corrected chi connectivity index (χ1v) is 6.57. The predicted molar refractivity (Wildman–Crippen MR) is 70.9 cm³/mol. The van der Waals surface area contributed by atoms with Crippen LogP contribution in [-0.2, 0) is 4.79 Å². The van der Waals surface area contributed by atoms with Crippen molar-refractivity contribution in [2.75, 3.05) is 13.1 Å². The fraction of sp³-hybridized carbons (Fsp3) is 0.385. The lowest BCUT2D eigenvalue weighted by Gasteiger charge is -2.31. The highest BCUT2D eigenvalue weighted by Crippen LogP contribution is 2.21. The Labute approximate surface area is 116 Å². The number of piperidine rings is 1. The van der Waals surface area contributed by atoms with Crippen molar-refractivity contribution in [1.29, 1.82) is 0 Å². The normalized spacial score (nSPS) is 19.7. The van der Waals surface area contributed by atoms with Gasteiger partial charge in [0.1, 0.15) is 0 Å². The molecule has 96 valence electrons. The van der Waals surface area contributed by atoms with Crippen molar-refractivity contribution < 1.29 is 9.59 Å². The van der Waals surface area contributed by atoms with Gasteiger partial charge in [-0.2, -0.15) is 0 Å². The summed E-state index contributed by atoms with van der Waals surface area (Å²) < 4.78 is 0. The molecule has 1 aliphatic rings. The van der Waals surface area contributed by atoms with Crippen molar-refractivity contribution in [3.63, 3.8) is 0 Å². The van der Waals surface area contributed by atoms with Gasteiger partial charge in [0, 0.05) is 23.7 Å².